The Balaban J connectivity index is 1.84. The van der Waals surface area contributed by atoms with Crippen molar-refractivity contribution in [3.8, 4) is 5.75 Å². The first-order chi connectivity index (χ1) is 17.6. The number of rotatable bonds is 14. The lowest BCUT2D eigenvalue weighted by atomic mass is 10.1. The molecule has 37 heavy (non-hydrogen) atoms. The second kappa shape index (κ2) is 14.6. The number of hydrogen-bond acceptors (Lipinski definition) is 7. The van der Waals surface area contributed by atoms with E-state index < -0.39 is 35.6 Å². The number of unbranched alkanes of at least 4 members (excludes halogenated alkanes) is 4. The van der Waals surface area contributed by atoms with Crippen molar-refractivity contribution in [3.63, 3.8) is 0 Å². The first kappa shape index (κ1) is 29.3. The number of ether oxygens (including phenoxy) is 1. The molecule has 11 heteroatoms. The molecule has 0 aliphatic carbocycles. The quantitative estimate of drug-likeness (QED) is 0.221. The monoisotopic (exact) mass is 516 g/mol. The number of amides is 4. The molecule has 4 amide bonds. The van der Waals surface area contributed by atoms with Gasteiger partial charge in [-0.25, -0.2) is 9.59 Å². The van der Waals surface area contributed by atoms with Crippen LogP contribution in [0.2, 0.25) is 0 Å². The SMILES string of the molecule is CCCCCCCC(=O)NC(CC(N)=O)C(=O)NC(C)CNC(=O)Oc1ccc2c(C)cc(=O)oc2c1. The maximum atomic E-state index is 12.6. The molecule has 11 nitrogen and oxygen atoms in total. The molecule has 0 radical (unpaired) electrons. The fourth-order valence-electron chi connectivity index (χ4n) is 3.71. The van der Waals surface area contributed by atoms with Crippen LogP contribution in [0.25, 0.3) is 11.0 Å². The van der Waals surface area contributed by atoms with Crippen LogP contribution < -0.4 is 32.0 Å². The van der Waals surface area contributed by atoms with Crippen LogP contribution in [-0.4, -0.2) is 42.4 Å². The number of nitrogens with two attached hydrogens (primary N) is 1. The Kier molecular flexibility index (Phi) is 11.6. The van der Waals surface area contributed by atoms with Gasteiger partial charge < -0.3 is 30.8 Å². The van der Waals surface area contributed by atoms with Crippen molar-refractivity contribution < 1.29 is 28.3 Å². The highest BCUT2D eigenvalue weighted by Crippen LogP contribution is 2.22. The van der Waals surface area contributed by atoms with E-state index in [1.165, 1.54) is 12.1 Å². The summed E-state index contributed by atoms with van der Waals surface area (Å²) in [6.45, 7) is 5.53. The van der Waals surface area contributed by atoms with Crippen molar-refractivity contribution in [1.29, 1.82) is 0 Å². The summed E-state index contributed by atoms with van der Waals surface area (Å²) in [5, 5.41) is 8.46. The summed E-state index contributed by atoms with van der Waals surface area (Å²) >= 11 is 0. The lowest BCUT2D eigenvalue weighted by Crippen LogP contribution is -2.52. The number of nitrogens with one attached hydrogen (secondary N) is 3. The zero-order valence-electron chi connectivity index (χ0n) is 21.6. The minimum absolute atomic E-state index is 0.0149. The van der Waals surface area contributed by atoms with E-state index in [0.29, 0.717) is 12.0 Å². The van der Waals surface area contributed by atoms with E-state index in [0.717, 1.165) is 36.6 Å². The predicted octanol–water partition coefficient (Wildman–Crippen LogP) is 2.42. The smallest absolute Gasteiger partial charge is 0.412 e. The van der Waals surface area contributed by atoms with E-state index in [2.05, 4.69) is 22.9 Å². The minimum Gasteiger partial charge on any atom is -0.423 e. The van der Waals surface area contributed by atoms with Gasteiger partial charge in [-0.2, -0.15) is 0 Å². The third kappa shape index (κ3) is 10.3. The molecule has 2 aromatic rings. The molecule has 0 spiro atoms. The van der Waals surface area contributed by atoms with Gasteiger partial charge in [-0.15, -0.1) is 0 Å². The summed E-state index contributed by atoms with van der Waals surface area (Å²) in [4.78, 5) is 60.1. The highest BCUT2D eigenvalue weighted by atomic mass is 16.6. The van der Waals surface area contributed by atoms with Crippen LogP contribution in [0.5, 0.6) is 5.75 Å². The average Bonchev–Trinajstić information content (AvgIpc) is 2.81. The average molecular weight is 517 g/mol. The van der Waals surface area contributed by atoms with Gasteiger partial charge in [0.25, 0.3) is 0 Å². The van der Waals surface area contributed by atoms with E-state index in [1.54, 1.807) is 26.0 Å². The number of fused-ring (bicyclic) bond motifs is 1. The van der Waals surface area contributed by atoms with Gasteiger partial charge in [0, 0.05) is 36.5 Å². The molecule has 2 rings (SSSR count). The van der Waals surface area contributed by atoms with Gasteiger partial charge in [0.2, 0.25) is 17.7 Å². The van der Waals surface area contributed by atoms with Crippen LogP contribution in [0.3, 0.4) is 0 Å². The molecule has 0 bridgehead atoms. The van der Waals surface area contributed by atoms with Crippen molar-refractivity contribution >= 4 is 34.8 Å². The van der Waals surface area contributed by atoms with Crippen LogP contribution >= 0.6 is 0 Å². The van der Waals surface area contributed by atoms with Crippen molar-refractivity contribution in [2.45, 2.75) is 77.8 Å². The highest BCUT2D eigenvalue weighted by molar-refractivity contribution is 5.91. The fourth-order valence-corrected chi connectivity index (χ4v) is 3.71. The maximum Gasteiger partial charge on any atom is 0.412 e. The zero-order chi connectivity index (χ0) is 27.4. The molecule has 0 fully saturated rings. The summed E-state index contributed by atoms with van der Waals surface area (Å²) in [6, 6.07) is 4.41. The third-order valence-corrected chi connectivity index (χ3v) is 5.64. The largest absolute Gasteiger partial charge is 0.423 e. The Morgan fingerprint density at radius 2 is 1.78 bits per heavy atom. The minimum atomic E-state index is -1.11. The van der Waals surface area contributed by atoms with Gasteiger partial charge in [-0.3, -0.25) is 14.4 Å². The topological polar surface area (TPSA) is 170 Å². The maximum absolute atomic E-state index is 12.6. The number of carbonyl (C=O) groups excluding carboxylic acids is 4. The first-order valence-corrected chi connectivity index (χ1v) is 12.5. The van der Waals surface area contributed by atoms with Gasteiger partial charge in [0.15, 0.2) is 0 Å². The molecule has 1 heterocycles. The fraction of sp³-hybridized carbons (Fsp3) is 0.500. The lowest BCUT2D eigenvalue weighted by Gasteiger charge is -2.21. The highest BCUT2D eigenvalue weighted by Gasteiger charge is 2.24. The summed E-state index contributed by atoms with van der Waals surface area (Å²) in [5.74, 6) is -1.46. The molecule has 2 unspecified atom stereocenters. The van der Waals surface area contributed by atoms with E-state index in [4.69, 9.17) is 14.9 Å². The third-order valence-electron chi connectivity index (χ3n) is 5.64. The molecular weight excluding hydrogens is 480 g/mol. The van der Waals surface area contributed by atoms with E-state index >= 15 is 0 Å². The molecule has 202 valence electrons. The van der Waals surface area contributed by atoms with Gasteiger partial charge in [-0.1, -0.05) is 32.6 Å². The summed E-state index contributed by atoms with van der Waals surface area (Å²) in [5.41, 5.74) is 5.77. The molecule has 2 atom stereocenters. The van der Waals surface area contributed by atoms with E-state index in [9.17, 15) is 24.0 Å². The van der Waals surface area contributed by atoms with Crippen molar-refractivity contribution in [2.24, 2.45) is 5.73 Å². The summed E-state index contributed by atoms with van der Waals surface area (Å²) in [6.07, 6.45) is 4.00. The molecule has 5 N–H and O–H groups in total. The molecule has 0 aliphatic rings. The molecular formula is C26H36N4O7. The predicted molar refractivity (Wildman–Crippen MR) is 138 cm³/mol. The zero-order valence-corrected chi connectivity index (χ0v) is 21.6. The Morgan fingerprint density at radius 3 is 2.49 bits per heavy atom. The molecule has 0 saturated carbocycles. The van der Waals surface area contributed by atoms with E-state index in [1.807, 2.05) is 0 Å². The Morgan fingerprint density at radius 1 is 1.05 bits per heavy atom. The van der Waals surface area contributed by atoms with Crippen LogP contribution in [0, 0.1) is 6.92 Å². The second-order valence-electron chi connectivity index (χ2n) is 9.04. The van der Waals surface area contributed by atoms with Crippen molar-refractivity contribution in [3.05, 3.63) is 40.2 Å². The van der Waals surface area contributed by atoms with Crippen LogP contribution in [-0.2, 0) is 14.4 Å². The number of primary amides is 1. The van der Waals surface area contributed by atoms with Crippen LogP contribution in [0.1, 0.15) is 64.4 Å². The molecule has 0 aliphatic heterocycles. The normalized spacial score (nSPS) is 12.4. The Bertz CT molecular complexity index is 1160. The van der Waals surface area contributed by atoms with Crippen molar-refractivity contribution in [1.82, 2.24) is 16.0 Å². The van der Waals surface area contributed by atoms with E-state index in [-0.39, 0.29) is 31.0 Å². The lowest BCUT2D eigenvalue weighted by molar-refractivity contribution is -0.131. The number of carbonyl (C=O) groups is 4. The Labute approximate surface area is 215 Å². The first-order valence-electron chi connectivity index (χ1n) is 12.5. The second-order valence-corrected chi connectivity index (χ2v) is 9.04. The van der Waals surface area contributed by atoms with Crippen molar-refractivity contribution in [2.75, 3.05) is 6.54 Å². The van der Waals surface area contributed by atoms with Gasteiger partial charge >= 0.3 is 11.7 Å². The molecule has 0 saturated heterocycles. The number of hydrogen-bond donors (Lipinski definition) is 4. The summed E-state index contributed by atoms with van der Waals surface area (Å²) < 4.78 is 10.4. The standard InChI is InChI=1S/C26H36N4O7/c1-4-5-6-7-8-9-23(32)30-20(14-22(27)31)25(34)29-17(3)15-28-26(35)36-18-10-11-19-16(2)12-24(33)37-21(19)13-18/h10-13,17,20H,4-9,14-15H2,1-3H3,(H2,27,31)(H,28,35)(H,29,34)(H,30,32). The Hall–Kier alpha value is -3.89. The van der Waals surface area contributed by atoms with Gasteiger partial charge in [-0.05, 0) is 38.0 Å². The van der Waals surface area contributed by atoms with Crippen LogP contribution in [0.15, 0.2) is 33.5 Å². The number of benzene rings is 1. The number of aryl methyl sites for hydroxylation is 1. The van der Waals surface area contributed by atoms with Crippen LogP contribution in [0.4, 0.5) is 4.79 Å². The van der Waals surface area contributed by atoms with Gasteiger partial charge in [0.1, 0.15) is 17.4 Å². The molecule has 1 aromatic heterocycles. The van der Waals surface area contributed by atoms with Gasteiger partial charge in [0.05, 0.1) is 6.42 Å². The molecule has 1 aromatic carbocycles. The summed E-state index contributed by atoms with van der Waals surface area (Å²) in [7, 11) is 0.